The summed E-state index contributed by atoms with van der Waals surface area (Å²) >= 11 is 0. The van der Waals surface area contributed by atoms with E-state index in [0.29, 0.717) is 17.5 Å². The van der Waals surface area contributed by atoms with Crippen LogP contribution in [0.25, 0.3) is 67.3 Å². The van der Waals surface area contributed by atoms with Gasteiger partial charge in [-0.2, -0.15) is 0 Å². The molecule has 4 aromatic carbocycles. The van der Waals surface area contributed by atoms with Crippen LogP contribution in [0.4, 0.5) is 0 Å². The summed E-state index contributed by atoms with van der Waals surface area (Å²) in [6.07, 6.45) is 5.49. The van der Waals surface area contributed by atoms with Crippen molar-refractivity contribution in [2.45, 2.75) is 0 Å². The van der Waals surface area contributed by atoms with Gasteiger partial charge in [0.1, 0.15) is 0 Å². The van der Waals surface area contributed by atoms with Gasteiger partial charge in [0.2, 0.25) is 0 Å². The third kappa shape index (κ3) is 4.72. The topological polar surface area (TPSA) is 64.5 Å². The monoisotopic (exact) mass is 513 g/mol. The maximum atomic E-state index is 4.87. The lowest BCUT2D eigenvalue weighted by Crippen LogP contribution is -2.00. The minimum Gasteiger partial charge on any atom is -0.265 e. The summed E-state index contributed by atoms with van der Waals surface area (Å²) in [7, 11) is 0. The SMILES string of the molecule is c1ccc(-c2nc(-c3ccccc3)nc(-c3ccc4cc(-c5ccc(-c6ccncc6)nc5)ccc4c3)n2)cc1. The highest BCUT2D eigenvalue weighted by Gasteiger charge is 2.13. The van der Waals surface area contributed by atoms with E-state index in [9.17, 15) is 0 Å². The zero-order valence-electron chi connectivity index (χ0n) is 21.5. The zero-order chi connectivity index (χ0) is 26.7. The van der Waals surface area contributed by atoms with E-state index in [4.69, 9.17) is 15.0 Å². The summed E-state index contributed by atoms with van der Waals surface area (Å²) in [6, 6.07) is 41.0. The van der Waals surface area contributed by atoms with Gasteiger partial charge in [0.25, 0.3) is 0 Å². The number of aromatic nitrogens is 5. The molecule has 0 spiro atoms. The number of benzene rings is 4. The van der Waals surface area contributed by atoms with E-state index < -0.39 is 0 Å². The molecule has 0 fully saturated rings. The van der Waals surface area contributed by atoms with Crippen molar-refractivity contribution < 1.29 is 0 Å². The Morgan fingerprint density at radius 3 is 1.48 bits per heavy atom. The van der Waals surface area contributed by atoms with Gasteiger partial charge < -0.3 is 0 Å². The number of fused-ring (bicyclic) bond motifs is 1. The third-order valence-electron chi connectivity index (χ3n) is 6.87. The highest BCUT2D eigenvalue weighted by Crippen LogP contribution is 2.30. The highest BCUT2D eigenvalue weighted by molar-refractivity contribution is 5.90. The predicted molar refractivity (Wildman–Crippen MR) is 160 cm³/mol. The lowest BCUT2D eigenvalue weighted by atomic mass is 10.00. The van der Waals surface area contributed by atoms with Crippen LogP contribution in [0.1, 0.15) is 0 Å². The minimum atomic E-state index is 0.648. The molecular weight excluding hydrogens is 490 g/mol. The van der Waals surface area contributed by atoms with Gasteiger partial charge in [-0.1, -0.05) is 91.0 Å². The summed E-state index contributed by atoms with van der Waals surface area (Å²) < 4.78 is 0. The first kappa shape index (κ1) is 23.6. The van der Waals surface area contributed by atoms with Crippen molar-refractivity contribution >= 4 is 10.8 Å². The smallest absolute Gasteiger partial charge is 0.164 e. The number of pyridine rings is 2. The maximum absolute atomic E-state index is 4.87. The summed E-state index contributed by atoms with van der Waals surface area (Å²) in [6.45, 7) is 0. The molecule has 0 amide bonds. The number of nitrogens with zero attached hydrogens (tertiary/aromatic N) is 5. The quantitative estimate of drug-likeness (QED) is 0.232. The van der Waals surface area contributed by atoms with E-state index in [1.54, 1.807) is 12.4 Å². The van der Waals surface area contributed by atoms with Crippen molar-refractivity contribution in [3.63, 3.8) is 0 Å². The molecule has 0 aliphatic heterocycles. The lowest BCUT2D eigenvalue weighted by Gasteiger charge is -2.10. The Hall–Kier alpha value is -5.55. The van der Waals surface area contributed by atoms with Gasteiger partial charge in [0.05, 0.1) is 5.69 Å². The number of rotatable bonds is 5. The second-order valence-corrected chi connectivity index (χ2v) is 9.48. The first-order valence-corrected chi connectivity index (χ1v) is 13.1. The van der Waals surface area contributed by atoms with Crippen LogP contribution in [0, 0.1) is 0 Å². The third-order valence-corrected chi connectivity index (χ3v) is 6.87. The molecule has 40 heavy (non-hydrogen) atoms. The first-order chi connectivity index (χ1) is 19.8. The van der Waals surface area contributed by atoms with E-state index in [-0.39, 0.29) is 0 Å². The molecule has 0 saturated heterocycles. The Balaban J connectivity index is 1.25. The van der Waals surface area contributed by atoms with Gasteiger partial charge in [-0.05, 0) is 46.7 Å². The molecule has 7 rings (SSSR count). The largest absolute Gasteiger partial charge is 0.265 e. The maximum Gasteiger partial charge on any atom is 0.164 e. The normalized spacial score (nSPS) is 11.0. The average Bonchev–Trinajstić information content (AvgIpc) is 3.05. The molecule has 0 aliphatic carbocycles. The van der Waals surface area contributed by atoms with Crippen molar-refractivity contribution in [2.24, 2.45) is 0 Å². The Bertz CT molecular complexity index is 1860. The van der Waals surface area contributed by atoms with Gasteiger partial charge in [-0.3, -0.25) is 9.97 Å². The van der Waals surface area contributed by atoms with Crippen molar-refractivity contribution in [2.75, 3.05) is 0 Å². The zero-order valence-corrected chi connectivity index (χ0v) is 21.5. The molecule has 3 heterocycles. The van der Waals surface area contributed by atoms with E-state index in [1.807, 2.05) is 85.1 Å². The fraction of sp³-hybridized carbons (Fsp3) is 0. The van der Waals surface area contributed by atoms with Crippen molar-refractivity contribution in [1.82, 2.24) is 24.9 Å². The molecule has 0 atom stereocenters. The molecule has 0 unspecified atom stereocenters. The first-order valence-electron chi connectivity index (χ1n) is 13.1. The van der Waals surface area contributed by atoms with Crippen LogP contribution in [-0.2, 0) is 0 Å². The number of hydrogen-bond acceptors (Lipinski definition) is 5. The van der Waals surface area contributed by atoms with E-state index >= 15 is 0 Å². The van der Waals surface area contributed by atoms with Gasteiger partial charge in [-0.25, -0.2) is 15.0 Å². The fourth-order valence-electron chi connectivity index (χ4n) is 4.76. The second-order valence-electron chi connectivity index (χ2n) is 9.48. The van der Waals surface area contributed by atoms with Crippen molar-refractivity contribution in [3.8, 4) is 56.5 Å². The molecule has 5 nitrogen and oxygen atoms in total. The Labute approximate surface area is 231 Å². The summed E-state index contributed by atoms with van der Waals surface area (Å²) in [5, 5.41) is 2.26. The summed E-state index contributed by atoms with van der Waals surface area (Å²) in [5.74, 6) is 1.96. The Kier molecular flexibility index (Phi) is 6.07. The van der Waals surface area contributed by atoms with E-state index in [0.717, 1.165) is 49.8 Å². The molecule has 5 heteroatoms. The van der Waals surface area contributed by atoms with Gasteiger partial charge in [0.15, 0.2) is 17.5 Å². The lowest BCUT2D eigenvalue weighted by molar-refractivity contribution is 1.07. The van der Waals surface area contributed by atoms with Gasteiger partial charge in [0, 0.05) is 46.4 Å². The molecular formula is C35H23N5. The van der Waals surface area contributed by atoms with Crippen LogP contribution < -0.4 is 0 Å². The number of hydrogen-bond donors (Lipinski definition) is 0. The van der Waals surface area contributed by atoms with Crippen LogP contribution in [0.15, 0.2) is 140 Å². The molecule has 0 bridgehead atoms. The van der Waals surface area contributed by atoms with Crippen LogP contribution in [0.5, 0.6) is 0 Å². The van der Waals surface area contributed by atoms with Gasteiger partial charge >= 0.3 is 0 Å². The molecule has 3 aromatic heterocycles. The minimum absolute atomic E-state index is 0.648. The van der Waals surface area contributed by atoms with Gasteiger partial charge in [-0.15, -0.1) is 0 Å². The Morgan fingerprint density at radius 1 is 0.375 bits per heavy atom. The van der Waals surface area contributed by atoms with Crippen molar-refractivity contribution in [1.29, 1.82) is 0 Å². The van der Waals surface area contributed by atoms with Crippen LogP contribution in [0.2, 0.25) is 0 Å². The molecule has 188 valence electrons. The fourth-order valence-corrected chi connectivity index (χ4v) is 4.76. The molecule has 0 N–H and O–H groups in total. The molecule has 0 radical (unpaired) electrons. The standard InChI is InChI=1S/C35H23N5/c1-3-7-25(8-4-1)33-38-34(26-9-5-2-6-10-26)40-35(39-33)30-14-13-27-21-29(12-11-28(27)22-30)31-15-16-32(37-23-31)24-17-19-36-20-18-24/h1-23H. The van der Waals surface area contributed by atoms with E-state index in [2.05, 4.69) is 52.4 Å². The molecule has 0 aliphatic rings. The van der Waals surface area contributed by atoms with Crippen LogP contribution >= 0.6 is 0 Å². The van der Waals surface area contributed by atoms with E-state index in [1.165, 1.54) is 0 Å². The Morgan fingerprint density at radius 2 is 0.900 bits per heavy atom. The predicted octanol–water partition coefficient (Wildman–Crippen LogP) is 8.15. The summed E-state index contributed by atoms with van der Waals surface area (Å²) in [4.78, 5) is 23.3. The van der Waals surface area contributed by atoms with Crippen LogP contribution in [0.3, 0.4) is 0 Å². The summed E-state index contributed by atoms with van der Waals surface area (Å²) in [5.41, 5.74) is 7.03. The van der Waals surface area contributed by atoms with Crippen LogP contribution in [-0.4, -0.2) is 24.9 Å². The molecule has 7 aromatic rings. The highest BCUT2D eigenvalue weighted by atomic mass is 15.0. The van der Waals surface area contributed by atoms with Crippen molar-refractivity contribution in [3.05, 3.63) is 140 Å². The molecule has 0 saturated carbocycles. The second kappa shape index (κ2) is 10.3. The average molecular weight is 514 g/mol.